The minimum absolute atomic E-state index is 0.0982. The smallest absolute Gasteiger partial charge is 0.227 e. The fourth-order valence-corrected chi connectivity index (χ4v) is 1.97. The molecule has 0 aliphatic carbocycles. The quantitative estimate of drug-likeness (QED) is 0.767. The molecule has 20 heavy (non-hydrogen) atoms. The van der Waals surface area contributed by atoms with Gasteiger partial charge in [0.2, 0.25) is 5.91 Å². The lowest BCUT2D eigenvalue weighted by Crippen LogP contribution is -2.41. The molecule has 0 heterocycles. The number of nitriles is 1. The third-order valence-corrected chi connectivity index (χ3v) is 3.42. The van der Waals surface area contributed by atoms with Gasteiger partial charge in [-0.25, -0.2) is 0 Å². The highest BCUT2D eigenvalue weighted by molar-refractivity contribution is 5.79. The minimum atomic E-state index is 0.0982. The molecule has 0 spiro atoms. The average molecular weight is 274 g/mol. The van der Waals surface area contributed by atoms with Gasteiger partial charge in [0.15, 0.2) is 0 Å². The third kappa shape index (κ3) is 4.67. The van der Waals surface area contributed by atoms with E-state index in [1.54, 1.807) is 19.2 Å². The Morgan fingerprint density at radius 2 is 2.05 bits per heavy atom. The van der Waals surface area contributed by atoms with Crippen LogP contribution in [0.15, 0.2) is 24.3 Å². The minimum Gasteiger partial charge on any atom is -0.383 e. The van der Waals surface area contributed by atoms with Gasteiger partial charge in [0, 0.05) is 19.7 Å². The summed E-state index contributed by atoms with van der Waals surface area (Å²) in [4.78, 5) is 14.2. The van der Waals surface area contributed by atoms with Crippen molar-refractivity contribution in [3.05, 3.63) is 35.4 Å². The number of amides is 1. The van der Waals surface area contributed by atoms with Crippen LogP contribution in [-0.4, -0.2) is 37.1 Å². The van der Waals surface area contributed by atoms with Crippen LogP contribution < -0.4 is 0 Å². The first-order valence-electron chi connectivity index (χ1n) is 6.89. The van der Waals surface area contributed by atoms with Crippen molar-refractivity contribution in [1.82, 2.24) is 4.90 Å². The zero-order chi connectivity index (χ0) is 15.0. The van der Waals surface area contributed by atoms with Crippen LogP contribution in [0.5, 0.6) is 0 Å². The highest BCUT2D eigenvalue weighted by Gasteiger charge is 2.18. The van der Waals surface area contributed by atoms with E-state index in [0.29, 0.717) is 25.1 Å². The van der Waals surface area contributed by atoms with Crippen LogP contribution in [0.2, 0.25) is 0 Å². The third-order valence-electron chi connectivity index (χ3n) is 3.42. The monoisotopic (exact) mass is 274 g/mol. The van der Waals surface area contributed by atoms with Crippen molar-refractivity contribution in [3.8, 4) is 6.07 Å². The molecule has 0 saturated heterocycles. The maximum absolute atomic E-state index is 12.4. The molecule has 1 aromatic carbocycles. The van der Waals surface area contributed by atoms with Crippen LogP contribution in [0.1, 0.15) is 31.4 Å². The number of methoxy groups -OCH3 is 1. The van der Waals surface area contributed by atoms with E-state index < -0.39 is 0 Å². The molecule has 4 nitrogen and oxygen atoms in total. The van der Waals surface area contributed by atoms with Crippen LogP contribution >= 0.6 is 0 Å². The van der Waals surface area contributed by atoms with Gasteiger partial charge in [-0.1, -0.05) is 19.1 Å². The molecule has 108 valence electrons. The number of hydrogen-bond acceptors (Lipinski definition) is 3. The fourth-order valence-electron chi connectivity index (χ4n) is 1.97. The van der Waals surface area contributed by atoms with Crippen molar-refractivity contribution in [1.29, 1.82) is 5.26 Å². The van der Waals surface area contributed by atoms with E-state index in [0.717, 1.165) is 12.0 Å². The number of rotatable bonds is 7. The van der Waals surface area contributed by atoms with Gasteiger partial charge in [0.25, 0.3) is 0 Å². The zero-order valence-electron chi connectivity index (χ0n) is 12.4. The Labute approximate surface area is 121 Å². The average Bonchev–Trinajstić information content (AvgIpc) is 2.48. The maximum Gasteiger partial charge on any atom is 0.227 e. The van der Waals surface area contributed by atoms with Crippen molar-refractivity contribution in [2.24, 2.45) is 0 Å². The van der Waals surface area contributed by atoms with Gasteiger partial charge >= 0.3 is 0 Å². The Balaban J connectivity index is 2.71. The summed E-state index contributed by atoms with van der Waals surface area (Å²) in [6.07, 6.45) is 1.28. The summed E-state index contributed by atoms with van der Waals surface area (Å²) >= 11 is 0. The highest BCUT2D eigenvalue weighted by Crippen LogP contribution is 2.10. The SMILES string of the molecule is CCC(C)N(CCOC)C(=O)Cc1ccc(C#N)cc1. The van der Waals surface area contributed by atoms with E-state index in [1.807, 2.05) is 24.0 Å². The van der Waals surface area contributed by atoms with E-state index in [1.165, 1.54) is 0 Å². The Morgan fingerprint density at radius 1 is 1.40 bits per heavy atom. The van der Waals surface area contributed by atoms with Crippen LogP contribution in [0.3, 0.4) is 0 Å². The van der Waals surface area contributed by atoms with Crippen molar-refractivity contribution in [2.45, 2.75) is 32.7 Å². The Kier molecular flexibility index (Phi) is 6.75. The van der Waals surface area contributed by atoms with E-state index in [-0.39, 0.29) is 11.9 Å². The largest absolute Gasteiger partial charge is 0.383 e. The molecular weight excluding hydrogens is 252 g/mol. The molecular formula is C16H22N2O2. The first kappa shape index (κ1) is 16.2. The number of nitrogens with zero attached hydrogens (tertiary/aromatic N) is 2. The van der Waals surface area contributed by atoms with Gasteiger partial charge in [0.1, 0.15) is 0 Å². The molecule has 0 aliphatic rings. The molecule has 0 aliphatic heterocycles. The van der Waals surface area contributed by atoms with E-state index in [9.17, 15) is 4.79 Å². The van der Waals surface area contributed by atoms with Crippen LogP contribution in [0, 0.1) is 11.3 Å². The van der Waals surface area contributed by atoms with Gasteiger partial charge in [0.05, 0.1) is 24.7 Å². The second-order valence-corrected chi connectivity index (χ2v) is 4.82. The Bertz CT molecular complexity index is 462. The number of carbonyl (C=O) groups excluding carboxylic acids is 1. The summed E-state index contributed by atoms with van der Waals surface area (Å²) in [5, 5.41) is 8.76. The predicted octanol–water partition coefficient (Wildman–Crippen LogP) is 2.37. The summed E-state index contributed by atoms with van der Waals surface area (Å²) in [6.45, 7) is 5.27. The molecule has 0 radical (unpaired) electrons. The lowest BCUT2D eigenvalue weighted by molar-refractivity contribution is -0.133. The molecule has 0 aromatic heterocycles. The highest BCUT2D eigenvalue weighted by atomic mass is 16.5. The molecule has 4 heteroatoms. The molecule has 1 rings (SSSR count). The molecule has 0 bridgehead atoms. The molecule has 1 amide bonds. The lowest BCUT2D eigenvalue weighted by Gasteiger charge is -2.28. The summed E-state index contributed by atoms with van der Waals surface area (Å²) in [7, 11) is 1.64. The van der Waals surface area contributed by atoms with Gasteiger partial charge < -0.3 is 9.64 Å². The molecule has 1 atom stereocenters. The lowest BCUT2D eigenvalue weighted by atomic mass is 10.1. The number of hydrogen-bond donors (Lipinski definition) is 0. The second-order valence-electron chi connectivity index (χ2n) is 4.82. The van der Waals surface area contributed by atoms with Gasteiger partial charge in [-0.15, -0.1) is 0 Å². The summed E-state index contributed by atoms with van der Waals surface area (Å²) in [5.74, 6) is 0.0982. The van der Waals surface area contributed by atoms with Gasteiger partial charge in [-0.05, 0) is 31.0 Å². The maximum atomic E-state index is 12.4. The number of ether oxygens (including phenoxy) is 1. The molecule has 1 unspecified atom stereocenters. The molecule has 0 N–H and O–H groups in total. The Morgan fingerprint density at radius 3 is 2.55 bits per heavy atom. The van der Waals surface area contributed by atoms with Crippen LogP contribution in [-0.2, 0) is 16.0 Å². The molecule has 0 saturated carbocycles. The van der Waals surface area contributed by atoms with Gasteiger partial charge in [-0.3, -0.25) is 4.79 Å². The van der Waals surface area contributed by atoms with Crippen LogP contribution in [0.4, 0.5) is 0 Å². The first-order valence-corrected chi connectivity index (χ1v) is 6.89. The molecule has 0 fully saturated rings. The van der Waals surface area contributed by atoms with Crippen LogP contribution in [0.25, 0.3) is 0 Å². The standard InChI is InChI=1S/C16H22N2O2/c1-4-13(2)18(9-10-20-3)16(19)11-14-5-7-15(12-17)8-6-14/h5-8,13H,4,9-11H2,1-3H3. The topological polar surface area (TPSA) is 53.3 Å². The predicted molar refractivity (Wildman–Crippen MR) is 78.2 cm³/mol. The van der Waals surface area contributed by atoms with E-state index in [2.05, 4.69) is 13.0 Å². The normalized spacial score (nSPS) is 11.7. The van der Waals surface area contributed by atoms with Crippen molar-refractivity contribution < 1.29 is 9.53 Å². The first-order chi connectivity index (χ1) is 9.62. The summed E-state index contributed by atoms with van der Waals surface area (Å²) < 4.78 is 5.07. The van der Waals surface area contributed by atoms with Crippen molar-refractivity contribution >= 4 is 5.91 Å². The van der Waals surface area contributed by atoms with E-state index >= 15 is 0 Å². The zero-order valence-corrected chi connectivity index (χ0v) is 12.4. The van der Waals surface area contributed by atoms with E-state index in [4.69, 9.17) is 10.00 Å². The number of carbonyl (C=O) groups is 1. The second kappa shape index (κ2) is 8.34. The molecule has 1 aromatic rings. The number of benzene rings is 1. The fraction of sp³-hybridized carbons (Fsp3) is 0.500. The van der Waals surface area contributed by atoms with Gasteiger partial charge in [-0.2, -0.15) is 5.26 Å². The van der Waals surface area contributed by atoms with Crippen molar-refractivity contribution in [2.75, 3.05) is 20.3 Å². The summed E-state index contributed by atoms with van der Waals surface area (Å²) in [6, 6.07) is 9.43. The van der Waals surface area contributed by atoms with Crippen molar-refractivity contribution in [3.63, 3.8) is 0 Å². The summed E-state index contributed by atoms with van der Waals surface area (Å²) in [5.41, 5.74) is 1.54. The Hall–Kier alpha value is -1.86.